The van der Waals surface area contributed by atoms with Crippen molar-refractivity contribution in [3.05, 3.63) is 23.8 Å². The van der Waals surface area contributed by atoms with Crippen LogP contribution < -0.4 is 15.5 Å². The molecular formula is C15H22N2O4. The molecule has 0 saturated carbocycles. The number of benzene rings is 1. The van der Waals surface area contributed by atoms with Crippen LogP contribution in [0, 0.1) is 0 Å². The molecule has 1 saturated heterocycles. The first-order valence-electron chi connectivity index (χ1n) is 7.19. The van der Waals surface area contributed by atoms with Crippen LogP contribution in [0.25, 0.3) is 0 Å². The SMILES string of the molecule is CCOc1ccc(C(=O)NOC)c(NC2CCOCC2)c1. The lowest BCUT2D eigenvalue weighted by molar-refractivity contribution is 0.0538. The summed E-state index contributed by atoms with van der Waals surface area (Å²) >= 11 is 0. The van der Waals surface area contributed by atoms with Gasteiger partial charge in [-0.2, -0.15) is 0 Å². The van der Waals surface area contributed by atoms with E-state index in [2.05, 4.69) is 10.8 Å². The molecule has 1 aromatic rings. The Labute approximate surface area is 124 Å². The Morgan fingerprint density at radius 2 is 2.14 bits per heavy atom. The number of nitrogens with one attached hydrogen (secondary N) is 2. The fourth-order valence-corrected chi connectivity index (χ4v) is 2.31. The van der Waals surface area contributed by atoms with E-state index in [0.29, 0.717) is 18.2 Å². The highest BCUT2D eigenvalue weighted by Gasteiger charge is 2.18. The summed E-state index contributed by atoms with van der Waals surface area (Å²) in [5, 5.41) is 3.41. The van der Waals surface area contributed by atoms with Gasteiger partial charge in [-0.1, -0.05) is 0 Å². The first-order chi connectivity index (χ1) is 10.2. The lowest BCUT2D eigenvalue weighted by Crippen LogP contribution is -2.30. The van der Waals surface area contributed by atoms with Gasteiger partial charge in [0.2, 0.25) is 0 Å². The Kier molecular flexibility index (Phi) is 5.83. The van der Waals surface area contributed by atoms with Gasteiger partial charge in [-0.25, -0.2) is 5.48 Å². The van der Waals surface area contributed by atoms with Crippen molar-refractivity contribution in [2.45, 2.75) is 25.8 Å². The molecule has 1 aromatic carbocycles. The zero-order chi connectivity index (χ0) is 15.1. The van der Waals surface area contributed by atoms with Crippen molar-refractivity contribution in [2.24, 2.45) is 0 Å². The van der Waals surface area contributed by atoms with E-state index >= 15 is 0 Å². The maximum Gasteiger partial charge on any atom is 0.276 e. The number of carbonyl (C=O) groups is 1. The van der Waals surface area contributed by atoms with Crippen molar-refractivity contribution in [3.63, 3.8) is 0 Å². The summed E-state index contributed by atoms with van der Waals surface area (Å²) in [5.74, 6) is 0.455. The van der Waals surface area contributed by atoms with Crippen molar-refractivity contribution in [3.8, 4) is 5.75 Å². The molecule has 0 radical (unpaired) electrons. The molecule has 1 amide bonds. The molecule has 2 N–H and O–H groups in total. The van der Waals surface area contributed by atoms with Crippen LogP contribution in [0.15, 0.2) is 18.2 Å². The molecule has 0 spiro atoms. The van der Waals surface area contributed by atoms with E-state index in [9.17, 15) is 4.79 Å². The quantitative estimate of drug-likeness (QED) is 0.785. The summed E-state index contributed by atoms with van der Waals surface area (Å²) in [6.07, 6.45) is 1.84. The van der Waals surface area contributed by atoms with E-state index in [4.69, 9.17) is 14.3 Å². The summed E-state index contributed by atoms with van der Waals surface area (Å²) in [7, 11) is 1.41. The molecule has 0 unspecified atom stereocenters. The molecule has 0 atom stereocenters. The highest BCUT2D eigenvalue weighted by molar-refractivity contribution is 5.99. The summed E-state index contributed by atoms with van der Waals surface area (Å²) < 4.78 is 10.9. The predicted molar refractivity (Wildman–Crippen MR) is 79.5 cm³/mol. The molecule has 1 heterocycles. The number of amides is 1. The van der Waals surface area contributed by atoms with Crippen LogP contribution in [0.5, 0.6) is 5.75 Å². The van der Waals surface area contributed by atoms with Gasteiger partial charge in [0, 0.05) is 25.3 Å². The molecule has 1 aliphatic heterocycles. The Bertz CT molecular complexity index is 473. The van der Waals surface area contributed by atoms with Gasteiger partial charge in [0.05, 0.1) is 25.0 Å². The van der Waals surface area contributed by atoms with Gasteiger partial charge < -0.3 is 14.8 Å². The van der Waals surface area contributed by atoms with Gasteiger partial charge >= 0.3 is 0 Å². The molecule has 2 rings (SSSR count). The number of rotatable bonds is 6. The van der Waals surface area contributed by atoms with Crippen molar-refractivity contribution < 1.29 is 19.1 Å². The van der Waals surface area contributed by atoms with Crippen LogP contribution in [0.4, 0.5) is 5.69 Å². The van der Waals surface area contributed by atoms with Gasteiger partial charge in [0.25, 0.3) is 5.91 Å². The molecule has 1 fully saturated rings. The number of carbonyl (C=O) groups excluding carboxylic acids is 1. The molecule has 0 aliphatic carbocycles. The van der Waals surface area contributed by atoms with E-state index < -0.39 is 0 Å². The summed E-state index contributed by atoms with van der Waals surface area (Å²) in [6.45, 7) is 3.99. The number of hydrogen-bond acceptors (Lipinski definition) is 5. The van der Waals surface area contributed by atoms with Crippen molar-refractivity contribution in [1.29, 1.82) is 0 Å². The monoisotopic (exact) mass is 294 g/mol. The Hall–Kier alpha value is -1.79. The van der Waals surface area contributed by atoms with Crippen molar-refractivity contribution >= 4 is 11.6 Å². The first kappa shape index (κ1) is 15.6. The third kappa shape index (κ3) is 4.34. The standard InChI is InChI=1S/C15H22N2O4/c1-3-21-12-4-5-13(15(18)17-19-2)14(10-12)16-11-6-8-20-9-7-11/h4-5,10-11,16H,3,6-9H2,1-2H3,(H,17,18). The molecule has 6 heteroatoms. The summed E-state index contributed by atoms with van der Waals surface area (Å²) in [5.41, 5.74) is 3.63. The Morgan fingerprint density at radius 1 is 1.38 bits per heavy atom. The van der Waals surface area contributed by atoms with E-state index in [1.165, 1.54) is 7.11 Å². The van der Waals surface area contributed by atoms with Gasteiger partial charge in [0.15, 0.2) is 0 Å². The largest absolute Gasteiger partial charge is 0.494 e. The van der Waals surface area contributed by atoms with E-state index in [0.717, 1.165) is 37.5 Å². The second kappa shape index (κ2) is 7.85. The second-order valence-corrected chi connectivity index (χ2v) is 4.81. The van der Waals surface area contributed by atoms with Gasteiger partial charge in [-0.05, 0) is 31.9 Å². The first-order valence-corrected chi connectivity index (χ1v) is 7.19. The van der Waals surface area contributed by atoms with Crippen LogP contribution in [-0.2, 0) is 9.57 Å². The molecule has 6 nitrogen and oxygen atoms in total. The van der Waals surface area contributed by atoms with E-state index in [1.807, 2.05) is 13.0 Å². The van der Waals surface area contributed by atoms with Crippen LogP contribution in [0.3, 0.4) is 0 Å². The van der Waals surface area contributed by atoms with E-state index in [-0.39, 0.29) is 5.91 Å². The highest BCUT2D eigenvalue weighted by Crippen LogP contribution is 2.25. The minimum absolute atomic E-state index is 0.282. The highest BCUT2D eigenvalue weighted by atomic mass is 16.6. The fraction of sp³-hybridized carbons (Fsp3) is 0.533. The summed E-state index contributed by atoms with van der Waals surface area (Å²) in [4.78, 5) is 16.7. The van der Waals surface area contributed by atoms with Crippen LogP contribution in [-0.4, -0.2) is 38.9 Å². The molecule has 0 aromatic heterocycles. The van der Waals surface area contributed by atoms with Crippen molar-refractivity contribution in [1.82, 2.24) is 5.48 Å². The Balaban J connectivity index is 2.19. The number of anilines is 1. The van der Waals surface area contributed by atoms with Crippen LogP contribution in [0.1, 0.15) is 30.1 Å². The lowest BCUT2D eigenvalue weighted by Gasteiger charge is -2.25. The van der Waals surface area contributed by atoms with Gasteiger partial charge in [0.1, 0.15) is 5.75 Å². The molecule has 0 bridgehead atoms. The van der Waals surface area contributed by atoms with Crippen molar-refractivity contribution in [2.75, 3.05) is 32.2 Å². The number of hydrogen-bond donors (Lipinski definition) is 2. The van der Waals surface area contributed by atoms with Gasteiger partial charge in [-0.15, -0.1) is 0 Å². The third-order valence-electron chi connectivity index (χ3n) is 3.32. The average molecular weight is 294 g/mol. The smallest absolute Gasteiger partial charge is 0.276 e. The maximum absolute atomic E-state index is 12.0. The second-order valence-electron chi connectivity index (χ2n) is 4.81. The number of hydroxylamine groups is 1. The zero-order valence-electron chi connectivity index (χ0n) is 12.5. The fourth-order valence-electron chi connectivity index (χ4n) is 2.31. The predicted octanol–water partition coefficient (Wildman–Crippen LogP) is 1.97. The van der Waals surface area contributed by atoms with Gasteiger partial charge in [-0.3, -0.25) is 9.63 Å². The lowest BCUT2D eigenvalue weighted by atomic mass is 10.1. The Morgan fingerprint density at radius 3 is 2.81 bits per heavy atom. The molecule has 1 aliphatic rings. The third-order valence-corrected chi connectivity index (χ3v) is 3.32. The number of ether oxygens (including phenoxy) is 2. The molecular weight excluding hydrogens is 272 g/mol. The maximum atomic E-state index is 12.0. The topological polar surface area (TPSA) is 68.8 Å². The minimum Gasteiger partial charge on any atom is -0.494 e. The van der Waals surface area contributed by atoms with Crippen LogP contribution >= 0.6 is 0 Å². The minimum atomic E-state index is -0.282. The normalized spacial score (nSPS) is 15.5. The zero-order valence-corrected chi connectivity index (χ0v) is 12.5. The molecule has 21 heavy (non-hydrogen) atoms. The summed E-state index contributed by atoms with van der Waals surface area (Å²) in [6, 6.07) is 5.66. The van der Waals surface area contributed by atoms with E-state index in [1.54, 1.807) is 12.1 Å². The molecule has 116 valence electrons. The average Bonchev–Trinajstić information content (AvgIpc) is 2.49. The van der Waals surface area contributed by atoms with Crippen LogP contribution in [0.2, 0.25) is 0 Å².